The lowest BCUT2D eigenvalue weighted by Gasteiger charge is -2.18. The van der Waals surface area contributed by atoms with E-state index >= 15 is 0 Å². The van der Waals surface area contributed by atoms with E-state index in [4.69, 9.17) is 9.47 Å². The predicted molar refractivity (Wildman–Crippen MR) is 71.0 cm³/mol. The number of hydrogen-bond acceptors (Lipinski definition) is 6. The molecule has 20 heavy (non-hydrogen) atoms. The van der Waals surface area contributed by atoms with Gasteiger partial charge in [0.05, 0.1) is 19.8 Å². The third-order valence-corrected chi connectivity index (χ3v) is 2.09. The molecule has 1 amide bonds. The van der Waals surface area contributed by atoms with E-state index in [1.54, 1.807) is 20.9 Å². The Bertz CT molecular complexity index is 364. The van der Waals surface area contributed by atoms with Crippen LogP contribution in [0.2, 0.25) is 0 Å². The van der Waals surface area contributed by atoms with Crippen LogP contribution in [0.3, 0.4) is 0 Å². The molecule has 0 bridgehead atoms. The van der Waals surface area contributed by atoms with Crippen LogP contribution in [0.15, 0.2) is 12.2 Å². The lowest BCUT2D eigenvalue weighted by atomic mass is 10.4. The van der Waals surface area contributed by atoms with Crippen LogP contribution in [0.1, 0.15) is 20.3 Å². The summed E-state index contributed by atoms with van der Waals surface area (Å²) in [6.45, 7) is 4.07. The van der Waals surface area contributed by atoms with Crippen LogP contribution in [-0.2, 0) is 23.8 Å². The molecule has 0 aliphatic rings. The minimum Gasteiger partial charge on any atom is -0.466 e. The summed E-state index contributed by atoms with van der Waals surface area (Å²) in [5, 5.41) is 0. The molecule has 0 aromatic carbocycles. The summed E-state index contributed by atoms with van der Waals surface area (Å²) in [4.78, 5) is 34.7. The molecule has 7 nitrogen and oxygen atoms in total. The van der Waals surface area contributed by atoms with Gasteiger partial charge in [-0.05, 0) is 20.3 Å². The van der Waals surface area contributed by atoms with Crippen molar-refractivity contribution in [3.63, 3.8) is 0 Å². The molecular weight excluding hydrogens is 266 g/mol. The zero-order valence-corrected chi connectivity index (χ0v) is 12.3. The SMILES string of the molecule is COC(=O)/C=C/C(=O)OCCCN(C)C(=O)OC(C)C. The van der Waals surface area contributed by atoms with E-state index in [0.29, 0.717) is 13.0 Å². The second-order valence-corrected chi connectivity index (χ2v) is 4.23. The van der Waals surface area contributed by atoms with Gasteiger partial charge in [0, 0.05) is 25.7 Å². The summed E-state index contributed by atoms with van der Waals surface area (Å²) in [6, 6.07) is 0. The number of nitrogens with zero attached hydrogens (tertiary/aromatic N) is 1. The van der Waals surface area contributed by atoms with Gasteiger partial charge >= 0.3 is 18.0 Å². The lowest BCUT2D eigenvalue weighted by molar-refractivity contribution is -0.139. The third kappa shape index (κ3) is 8.96. The maximum atomic E-state index is 11.4. The highest BCUT2D eigenvalue weighted by Gasteiger charge is 2.11. The van der Waals surface area contributed by atoms with E-state index in [9.17, 15) is 14.4 Å². The van der Waals surface area contributed by atoms with Gasteiger partial charge < -0.3 is 19.1 Å². The molecular formula is C13H21NO6. The van der Waals surface area contributed by atoms with E-state index in [2.05, 4.69) is 4.74 Å². The van der Waals surface area contributed by atoms with Gasteiger partial charge in [0.25, 0.3) is 0 Å². The highest BCUT2D eigenvalue weighted by atomic mass is 16.6. The number of carbonyl (C=O) groups is 3. The standard InChI is InChI=1S/C13H21NO6/c1-10(2)20-13(17)14(3)8-5-9-19-12(16)7-6-11(15)18-4/h6-7,10H,5,8-9H2,1-4H3/b7-6+. The van der Waals surface area contributed by atoms with Crippen molar-refractivity contribution < 1.29 is 28.6 Å². The molecule has 7 heteroatoms. The molecule has 0 unspecified atom stereocenters. The summed E-state index contributed by atoms with van der Waals surface area (Å²) < 4.78 is 14.1. The fourth-order valence-corrected chi connectivity index (χ4v) is 1.11. The Labute approximate surface area is 118 Å². The Morgan fingerprint density at radius 2 is 1.75 bits per heavy atom. The first kappa shape index (κ1) is 17.9. The van der Waals surface area contributed by atoms with Crippen molar-refractivity contribution in [2.75, 3.05) is 27.3 Å². The highest BCUT2D eigenvalue weighted by molar-refractivity contribution is 5.91. The second kappa shape index (κ2) is 9.82. The van der Waals surface area contributed by atoms with Crippen LogP contribution in [0, 0.1) is 0 Å². The number of rotatable bonds is 7. The van der Waals surface area contributed by atoms with Gasteiger partial charge in [0.2, 0.25) is 0 Å². The van der Waals surface area contributed by atoms with Gasteiger partial charge in [0.1, 0.15) is 0 Å². The first-order chi connectivity index (χ1) is 9.36. The topological polar surface area (TPSA) is 82.1 Å². The van der Waals surface area contributed by atoms with Crippen LogP contribution < -0.4 is 0 Å². The molecule has 0 rings (SSSR count). The molecule has 0 spiro atoms. The van der Waals surface area contributed by atoms with E-state index in [0.717, 1.165) is 12.2 Å². The van der Waals surface area contributed by atoms with Crippen molar-refractivity contribution in [1.82, 2.24) is 4.90 Å². The summed E-state index contributed by atoms with van der Waals surface area (Å²) in [7, 11) is 2.81. The Morgan fingerprint density at radius 1 is 1.15 bits per heavy atom. The second-order valence-electron chi connectivity index (χ2n) is 4.23. The predicted octanol–water partition coefficient (Wildman–Crippen LogP) is 1.13. The fourth-order valence-electron chi connectivity index (χ4n) is 1.11. The van der Waals surface area contributed by atoms with Crippen LogP contribution in [-0.4, -0.2) is 56.3 Å². The third-order valence-electron chi connectivity index (χ3n) is 2.09. The molecule has 0 saturated carbocycles. The molecule has 0 fully saturated rings. The first-order valence-electron chi connectivity index (χ1n) is 6.21. The number of esters is 2. The van der Waals surface area contributed by atoms with Crippen molar-refractivity contribution in [1.29, 1.82) is 0 Å². The fraction of sp³-hybridized carbons (Fsp3) is 0.615. The van der Waals surface area contributed by atoms with Gasteiger partial charge in [-0.3, -0.25) is 0 Å². The first-order valence-corrected chi connectivity index (χ1v) is 6.21. The zero-order valence-electron chi connectivity index (χ0n) is 12.3. The Balaban J connectivity index is 3.80. The molecule has 0 aromatic rings. The lowest BCUT2D eigenvalue weighted by Crippen LogP contribution is -2.31. The maximum Gasteiger partial charge on any atom is 0.409 e. The van der Waals surface area contributed by atoms with Crippen molar-refractivity contribution in [3.05, 3.63) is 12.2 Å². The maximum absolute atomic E-state index is 11.4. The number of amides is 1. The van der Waals surface area contributed by atoms with E-state index < -0.39 is 18.0 Å². The van der Waals surface area contributed by atoms with Crippen molar-refractivity contribution in [2.45, 2.75) is 26.4 Å². The highest BCUT2D eigenvalue weighted by Crippen LogP contribution is 1.97. The molecule has 0 N–H and O–H groups in total. The van der Waals surface area contributed by atoms with Crippen LogP contribution in [0.25, 0.3) is 0 Å². The summed E-state index contributed by atoms with van der Waals surface area (Å²) in [5.41, 5.74) is 0. The normalized spacial score (nSPS) is 10.4. The molecule has 0 aromatic heterocycles. The molecule has 0 heterocycles. The van der Waals surface area contributed by atoms with Crippen LogP contribution in [0.5, 0.6) is 0 Å². The number of methoxy groups -OCH3 is 1. The zero-order chi connectivity index (χ0) is 15.5. The Morgan fingerprint density at radius 3 is 2.30 bits per heavy atom. The van der Waals surface area contributed by atoms with Gasteiger partial charge in [-0.15, -0.1) is 0 Å². The largest absolute Gasteiger partial charge is 0.466 e. The van der Waals surface area contributed by atoms with E-state index in [1.165, 1.54) is 12.0 Å². The molecule has 0 radical (unpaired) electrons. The smallest absolute Gasteiger partial charge is 0.409 e. The summed E-state index contributed by atoms with van der Waals surface area (Å²) in [5.74, 6) is -1.26. The van der Waals surface area contributed by atoms with Crippen LogP contribution >= 0.6 is 0 Å². The monoisotopic (exact) mass is 287 g/mol. The Kier molecular flexibility index (Phi) is 8.82. The number of carbonyl (C=O) groups excluding carboxylic acids is 3. The molecule has 0 saturated heterocycles. The average molecular weight is 287 g/mol. The van der Waals surface area contributed by atoms with Gasteiger partial charge in [0.15, 0.2) is 0 Å². The summed E-state index contributed by atoms with van der Waals surface area (Å²) >= 11 is 0. The molecule has 0 aliphatic carbocycles. The van der Waals surface area contributed by atoms with Crippen molar-refractivity contribution in [3.8, 4) is 0 Å². The molecule has 0 aliphatic heterocycles. The van der Waals surface area contributed by atoms with E-state index in [1.807, 2.05) is 0 Å². The van der Waals surface area contributed by atoms with Gasteiger partial charge in [-0.25, -0.2) is 14.4 Å². The number of hydrogen-bond donors (Lipinski definition) is 0. The molecule has 114 valence electrons. The van der Waals surface area contributed by atoms with Crippen LogP contribution in [0.4, 0.5) is 4.79 Å². The summed E-state index contributed by atoms with van der Waals surface area (Å²) in [6.07, 6.45) is 1.85. The van der Waals surface area contributed by atoms with Crippen molar-refractivity contribution >= 4 is 18.0 Å². The van der Waals surface area contributed by atoms with Crippen molar-refractivity contribution in [2.24, 2.45) is 0 Å². The van der Waals surface area contributed by atoms with Gasteiger partial charge in [-0.1, -0.05) is 0 Å². The average Bonchev–Trinajstić information content (AvgIpc) is 2.39. The minimum atomic E-state index is -0.636. The molecule has 0 atom stereocenters. The Hall–Kier alpha value is -2.05. The van der Waals surface area contributed by atoms with E-state index in [-0.39, 0.29) is 12.7 Å². The minimum absolute atomic E-state index is 0.143. The quantitative estimate of drug-likeness (QED) is 0.302. The van der Waals surface area contributed by atoms with Gasteiger partial charge in [-0.2, -0.15) is 0 Å². The number of ether oxygens (including phenoxy) is 3.